The zero-order valence-corrected chi connectivity index (χ0v) is 18.6. The SMILES string of the molecule is O=C([C@H]1[C@H](CO)[C@H]2Cn3c(cccc3=O)[C@@H]1N2C(=O)CC1CC1)N1CCc2ccccc2C1. The molecule has 4 atom stereocenters. The lowest BCUT2D eigenvalue weighted by molar-refractivity contribution is -0.140. The molecule has 4 aliphatic rings. The molecule has 2 fully saturated rings. The number of hydrogen-bond acceptors (Lipinski definition) is 4. The van der Waals surface area contributed by atoms with Gasteiger partial charge in [0.1, 0.15) is 0 Å². The van der Waals surface area contributed by atoms with Crippen molar-refractivity contribution in [1.82, 2.24) is 14.4 Å². The number of carbonyl (C=O) groups is 2. The summed E-state index contributed by atoms with van der Waals surface area (Å²) in [6, 6.07) is 12.4. The minimum atomic E-state index is -0.552. The van der Waals surface area contributed by atoms with E-state index in [1.165, 1.54) is 11.6 Å². The molecule has 172 valence electrons. The van der Waals surface area contributed by atoms with Crippen LogP contribution < -0.4 is 5.56 Å². The second kappa shape index (κ2) is 7.83. The molecule has 33 heavy (non-hydrogen) atoms. The largest absolute Gasteiger partial charge is 0.396 e. The first-order chi connectivity index (χ1) is 16.1. The highest BCUT2D eigenvalue weighted by Gasteiger charge is 2.58. The number of aliphatic hydroxyl groups excluding tert-OH is 1. The van der Waals surface area contributed by atoms with Crippen LogP contribution in [0.2, 0.25) is 0 Å². The third kappa shape index (κ3) is 3.32. The molecule has 7 heteroatoms. The molecule has 1 aliphatic carbocycles. The van der Waals surface area contributed by atoms with Gasteiger partial charge < -0.3 is 19.5 Å². The van der Waals surface area contributed by atoms with E-state index in [0.717, 1.165) is 30.5 Å². The molecule has 0 radical (unpaired) electrons. The van der Waals surface area contributed by atoms with Gasteiger partial charge in [-0.05, 0) is 42.4 Å². The second-order valence-electron chi connectivity index (χ2n) is 10.0. The predicted octanol–water partition coefficient (Wildman–Crippen LogP) is 1.72. The average Bonchev–Trinajstić information content (AvgIpc) is 3.61. The Kier molecular flexibility index (Phi) is 4.91. The summed E-state index contributed by atoms with van der Waals surface area (Å²) in [5, 5.41) is 10.4. The van der Waals surface area contributed by atoms with Crippen molar-refractivity contribution >= 4 is 11.8 Å². The highest BCUT2D eigenvalue weighted by molar-refractivity contribution is 5.85. The molecule has 3 aliphatic heterocycles. The van der Waals surface area contributed by atoms with Crippen LogP contribution in [-0.2, 0) is 29.1 Å². The van der Waals surface area contributed by atoms with Crippen molar-refractivity contribution in [2.45, 2.75) is 50.9 Å². The van der Waals surface area contributed by atoms with Crippen molar-refractivity contribution in [3.05, 3.63) is 69.6 Å². The highest BCUT2D eigenvalue weighted by Crippen LogP contribution is 2.50. The fraction of sp³-hybridized carbons (Fsp3) is 0.500. The molecule has 1 N–H and O–H groups in total. The van der Waals surface area contributed by atoms with E-state index in [4.69, 9.17) is 0 Å². The van der Waals surface area contributed by atoms with Gasteiger partial charge in [0.25, 0.3) is 5.56 Å². The van der Waals surface area contributed by atoms with Crippen LogP contribution >= 0.6 is 0 Å². The molecule has 2 bridgehead atoms. The number of rotatable bonds is 4. The van der Waals surface area contributed by atoms with Gasteiger partial charge in [-0.3, -0.25) is 14.4 Å². The number of benzene rings is 1. The lowest BCUT2D eigenvalue weighted by atomic mass is 9.85. The number of fused-ring (bicyclic) bond motifs is 5. The topological polar surface area (TPSA) is 82.8 Å². The summed E-state index contributed by atoms with van der Waals surface area (Å²) in [4.78, 5) is 43.8. The maximum atomic E-state index is 14.0. The minimum Gasteiger partial charge on any atom is -0.396 e. The van der Waals surface area contributed by atoms with Gasteiger partial charge in [0, 0.05) is 50.3 Å². The monoisotopic (exact) mass is 447 g/mol. The van der Waals surface area contributed by atoms with Crippen molar-refractivity contribution in [1.29, 1.82) is 0 Å². The molecule has 1 aromatic carbocycles. The zero-order valence-electron chi connectivity index (χ0n) is 18.6. The number of carbonyl (C=O) groups excluding carboxylic acids is 2. The molecule has 6 rings (SSSR count). The molecule has 7 nitrogen and oxygen atoms in total. The quantitative estimate of drug-likeness (QED) is 0.774. The van der Waals surface area contributed by atoms with Crippen molar-refractivity contribution in [3.63, 3.8) is 0 Å². The molecule has 1 aromatic heterocycles. The number of nitrogens with zero attached hydrogens (tertiary/aromatic N) is 3. The number of hydrogen-bond donors (Lipinski definition) is 1. The summed E-state index contributed by atoms with van der Waals surface area (Å²) in [5.74, 6) is -0.485. The van der Waals surface area contributed by atoms with E-state index in [-0.39, 0.29) is 35.9 Å². The van der Waals surface area contributed by atoms with Gasteiger partial charge in [0.15, 0.2) is 0 Å². The van der Waals surface area contributed by atoms with Crippen molar-refractivity contribution < 1.29 is 14.7 Å². The number of amides is 2. The summed E-state index contributed by atoms with van der Waals surface area (Å²) in [6.45, 7) is 1.32. The first kappa shape index (κ1) is 20.7. The molecular formula is C26H29N3O4. The van der Waals surface area contributed by atoms with Gasteiger partial charge in [0.05, 0.1) is 18.0 Å². The first-order valence-electron chi connectivity index (χ1n) is 12.0. The van der Waals surface area contributed by atoms with Crippen molar-refractivity contribution in [2.75, 3.05) is 13.2 Å². The maximum absolute atomic E-state index is 14.0. The van der Waals surface area contributed by atoms with E-state index in [1.54, 1.807) is 10.6 Å². The van der Waals surface area contributed by atoms with E-state index in [0.29, 0.717) is 32.0 Å². The van der Waals surface area contributed by atoms with Gasteiger partial charge in [-0.1, -0.05) is 30.3 Å². The molecule has 2 amide bonds. The van der Waals surface area contributed by atoms with Gasteiger partial charge in [-0.2, -0.15) is 0 Å². The average molecular weight is 448 g/mol. The maximum Gasteiger partial charge on any atom is 0.250 e. The Hall–Kier alpha value is -2.93. The first-order valence-corrected chi connectivity index (χ1v) is 12.0. The van der Waals surface area contributed by atoms with Crippen molar-refractivity contribution in [3.8, 4) is 0 Å². The molecule has 0 spiro atoms. The van der Waals surface area contributed by atoms with Crippen LogP contribution in [0.5, 0.6) is 0 Å². The zero-order chi connectivity index (χ0) is 22.7. The number of aliphatic hydroxyl groups is 1. The van der Waals surface area contributed by atoms with Gasteiger partial charge in [0.2, 0.25) is 11.8 Å². The normalized spacial score (nSPS) is 27.8. The summed E-state index contributed by atoms with van der Waals surface area (Å²) < 4.78 is 1.71. The van der Waals surface area contributed by atoms with Gasteiger partial charge in [-0.25, -0.2) is 0 Å². The fourth-order valence-electron chi connectivity index (χ4n) is 6.25. The number of aromatic nitrogens is 1. The molecule has 4 heterocycles. The van der Waals surface area contributed by atoms with Crippen LogP contribution in [0, 0.1) is 17.8 Å². The molecule has 2 aromatic rings. The summed E-state index contributed by atoms with van der Waals surface area (Å²) in [7, 11) is 0. The third-order valence-corrected chi connectivity index (χ3v) is 8.10. The Bertz CT molecular complexity index is 1170. The lowest BCUT2D eigenvalue weighted by Crippen LogP contribution is -2.49. The van der Waals surface area contributed by atoms with Crippen LogP contribution in [0.3, 0.4) is 0 Å². The van der Waals surface area contributed by atoms with Crippen LogP contribution in [0.25, 0.3) is 0 Å². The molecule has 0 unspecified atom stereocenters. The predicted molar refractivity (Wildman–Crippen MR) is 121 cm³/mol. The van der Waals surface area contributed by atoms with Crippen LogP contribution in [0.15, 0.2) is 47.3 Å². The minimum absolute atomic E-state index is 0.0231. The smallest absolute Gasteiger partial charge is 0.250 e. The Labute approximate surface area is 192 Å². The van der Waals surface area contributed by atoms with Gasteiger partial charge in [-0.15, -0.1) is 0 Å². The lowest BCUT2D eigenvalue weighted by Gasteiger charge is -2.39. The third-order valence-electron chi connectivity index (χ3n) is 8.10. The van der Waals surface area contributed by atoms with Crippen molar-refractivity contribution in [2.24, 2.45) is 17.8 Å². The van der Waals surface area contributed by atoms with Gasteiger partial charge >= 0.3 is 0 Å². The summed E-state index contributed by atoms with van der Waals surface area (Å²) in [5.41, 5.74) is 3.02. The summed E-state index contributed by atoms with van der Waals surface area (Å²) >= 11 is 0. The Morgan fingerprint density at radius 2 is 1.82 bits per heavy atom. The van der Waals surface area contributed by atoms with Crippen LogP contribution in [0.4, 0.5) is 0 Å². The Balaban J connectivity index is 1.39. The summed E-state index contributed by atoms with van der Waals surface area (Å²) in [6.07, 6.45) is 3.43. The molecule has 1 saturated carbocycles. The van der Waals surface area contributed by atoms with E-state index < -0.39 is 12.0 Å². The fourth-order valence-corrected chi connectivity index (χ4v) is 6.25. The van der Waals surface area contributed by atoms with E-state index in [1.807, 2.05) is 28.0 Å². The Morgan fingerprint density at radius 1 is 1.03 bits per heavy atom. The van der Waals surface area contributed by atoms with Crippen LogP contribution in [0.1, 0.15) is 42.1 Å². The highest BCUT2D eigenvalue weighted by atomic mass is 16.3. The van der Waals surface area contributed by atoms with E-state index >= 15 is 0 Å². The van der Waals surface area contributed by atoms with Crippen LogP contribution in [-0.4, -0.2) is 50.5 Å². The second-order valence-corrected chi connectivity index (χ2v) is 10.0. The Morgan fingerprint density at radius 3 is 2.58 bits per heavy atom. The molecular weight excluding hydrogens is 418 g/mol. The molecule has 1 saturated heterocycles. The van der Waals surface area contributed by atoms with E-state index in [2.05, 4.69) is 12.1 Å². The number of pyridine rings is 1. The standard InChI is InChI=1S/C26H29N3O4/c30-15-19-21-14-28-20(6-3-7-22(28)31)25(29(21)23(32)12-16-8-9-16)24(19)26(33)27-11-10-17-4-1-2-5-18(17)13-27/h1-7,16,19,21,24-25,30H,8-15H2/t19-,21-,24+,25+/m1/s1. The van der Waals surface area contributed by atoms with E-state index in [9.17, 15) is 19.5 Å².